The molecule has 0 saturated heterocycles. The van der Waals surface area contributed by atoms with Crippen molar-refractivity contribution in [2.24, 2.45) is 0 Å². The molecule has 2 amide bonds. The average molecular weight is 256 g/mol. The van der Waals surface area contributed by atoms with Crippen molar-refractivity contribution in [2.75, 3.05) is 10.6 Å². The summed E-state index contributed by atoms with van der Waals surface area (Å²) in [6.45, 7) is 1.49. The maximum Gasteiger partial charge on any atom is 0.324 e. The van der Waals surface area contributed by atoms with E-state index in [1.54, 1.807) is 36.4 Å². The zero-order valence-corrected chi connectivity index (χ0v) is 10.3. The number of Topliss-reactive ketones (excluding diaryl/α,β-unsaturated/α-hetero) is 1. The molecular weight excluding hydrogens is 244 g/mol. The van der Waals surface area contributed by atoms with Crippen molar-refractivity contribution in [3.05, 3.63) is 48.2 Å². The Morgan fingerprint density at radius 2 is 1.79 bits per heavy atom. The number of anilines is 2. The fourth-order valence-electron chi connectivity index (χ4n) is 1.44. The molecule has 0 unspecified atom stereocenters. The van der Waals surface area contributed by atoms with E-state index in [4.69, 9.17) is 0 Å². The molecule has 0 saturated carbocycles. The third-order valence-electron chi connectivity index (χ3n) is 2.36. The molecule has 19 heavy (non-hydrogen) atoms. The highest BCUT2D eigenvalue weighted by atomic mass is 16.2. The van der Waals surface area contributed by atoms with Gasteiger partial charge in [-0.1, -0.05) is 0 Å². The Bertz CT molecular complexity index is 581. The van der Waals surface area contributed by atoms with Gasteiger partial charge < -0.3 is 5.32 Å². The monoisotopic (exact) mass is 256 g/mol. The lowest BCUT2D eigenvalue weighted by atomic mass is 10.1. The van der Waals surface area contributed by atoms with E-state index < -0.39 is 6.03 Å². The van der Waals surface area contributed by atoms with Crippen molar-refractivity contribution in [1.82, 2.24) is 10.2 Å². The molecule has 2 aromatic rings. The van der Waals surface area contributed by atoms with Gasteiger partial charge in [0, 0.05) is 17.4 Å². The molecule has 2 rings (SSSR count). The largest absolute Gasteiger partial charge is 0.324 e. The molecule has 96 valence electrons. The number of hydrogen-bond donors (Lipinski definition) is 2. The number of hydrogen-bond acceptors (Lipinski definition) is 4. The summed E-state index contributed by atoms with van der Waals surface area (Å²) >= 11 is 0. The summed E-state index contributed by atoms with van der Waals surface area (Å²) in [5.74, 6) is 0.343. The predicted molar refractivity (Wildman–Crippen MR) is 71.1 cm³/mol. The SMILES string of the molecule is CC(=O)c1ccc(NC(=O)Nc2cccnn2)cc1. The van der Waals surface area contributed by atoms with Crippen LogP contribution in [0.3, 0.4) is 0 Å². The lowest BCUT2D eigenvalue weighted by Crippen LogP contribution is -2.20. The summed E-state index contributed by atoms with van der Waals surface area (Å²) in [6.07, 6.45) is 1.52. The van der Waals surface area contributed by atoms with Gasteiger partial charge in [-0.25, -0.2) is 4.79 Å². The summed E-state index contributed by atoms with van der Waals surface area (Å²) in [7, 11) is 0. The van der Waals surface area contributed by atoms with E-state index in [2.05, 4.69) is 20.8 Å². The van der Waals surface area contributed by atoms with Crippen LogP contribution in [0.4, 0.5) is 16.3 Å². The first-order valence-corrected chi connectivity index (χ1v) is 5.62. The molecule has 0 spiro atoms. The van der Waals surface area contributed by atoms with Gasteiger partial charge in [0.2, 0.25) is 0 Å². The molecule has 0 aliphatic heterocycles. The first-order chi connectivity index (χ1) is 9.15. The van der Waals surface area contributed by atoms with Gasteiger partial charge in [-0.05, 0) is 43.3 Å². The molecule has 0 aliphatic carbocycles. The van der Waals surface area contributed by atoms with Crippen molar-refractivity contribution in [1.29, 1.82) is 0 Å². The van der Waals surface area contributed by atoms with Crippen LogP contribution in [0.25, 0.3) is 0 Å². The highest BCUT2D eigenvalue weighted by molar-refractivity contribution is 5.99. The highest BCUT2D eigenvalue weighted by Gasteiger charge is 2.04. The van der Waals surface area contributed by atoms with E-state index in [1.165, 1.54) is 13.1 Å². The Balaban J connectivity index is 1.97. The number of aromatic nitrogens is 2. The van der Waals surface area contributed by atoms with Gasteiger partial charge in [0.25, 0.3) is 0 Å². The molecule has 6 nitrogen and oxygen atoms in total. The van der Waals surface area contributed by atoms with Crippen LogP contribution >= 0.6 is 0 Å². The van der Waals surface area contributed by atoms with Crippen LogP contribution in [-0.2, 0) is 0 Å². The first kappa shape index (κ1) is 12.7. The van der Waals surface area contributed by atoms with Gasteiger partial charge in [-0.15, -0.1) is 5.10 Å². The number of benzene rings is 1. The van der Waals surface area contributed by atoms with E-state index in [0.29, 0.717) is 17.1 Å². The molecule has 1 aromatic heterocycles. The molecule has 0 bridgehead atoms. The molecule has 2 N–H and O–H groups in total. The molecular formula is C13H12N4O2. The molecule has 0 aliphatic rings. The lowest BCUT2D eigenvalue weighted by molar-refractivity contribution is 0.101. The number of nitrogens with one attached hydrogen (secondary N) is 2. The predicted octanol–water partition coefficient (Wildman–Crippen LogP) is 2.32. The molecule has 1 aromatic carbocycles. The quantitative estimate of drug-likeness (QED) is 0.825. The zero-order chi connectivity index (χ0) is 13.7. The van der Waals surface area contributed by atoms with Crippen molar-refractivity contribution in [3.63, 3.8) is 0 Å². The van der Waals surface area contributed by atoms with Gasteiger partial charge >= 0.3 is 6.03 Å². The van der Waals surface area contributed by atoms with Crippen LogP contribution in [0.1, 0.15) is 17.3 Å². The Morgan fingerprint density at radius 1 is 1.05 bits per heavy atom. The van der Waals surface area contributed by atoms with Crippen molar-refractivity contribution < 1.29 is 9.59 Å². The fourth-order valence-corrected chi connectivity index (χ4v) is 1.44. The maximum atomic E-state index is 11.6. The summed E-state index contributed by atoms with van der Waals surface area (Å²) in [5, 5.41) is 12.5. The molecule has 0 atom stereocenters. The number of carbonyl (C=O) groups is 2. The third-order valence-corrected chi connectivity index (χ3v) is 2.36. The van der Waals surface area contributed by atoms with Crippen LogP contribution in [0, 0.1) is 0 Å². The summed E-state index contributed by atoms with van der Waals surface area (Å²) < 4.78 is 0. The van der Waals surface area contributed by atoms with E-state index in [-0.39, 0.29) is 5.78 Å². The maximum absolute atomic E-state index is 11.6. The summed E-state index contributed by atoms with van der Waals surface area (Å²) in [4.78, 5) is 22.7. The molecule has 0 fully saturated rings. The van der Waals surface area contributed by atoms with Gasteiger partial charge in [0.15, 0.2) is 11.6 Å². The van der Waals surface area contributed by atoms with Crippen molar-refractivity contribution in [3.8, 4) is 0 Å². The Labute approximate surface area is 109 Å². The minimum Gasteiger partial charge on any atom is -0.308 e. The summed E-state index contributed by atoms with van der Waals surface area (Å²) in [6, 6.07) is 9.51. The van der Waals surface area contributed by atoms with Gasteiger partial charge in [0.1, 0.15) is 0 Å². The van der Waals surface area contributed by atoms with Crippen LogP contribution < -0.4 is 10.6 Å². The second-order valence-electron chi connectivity index (χ2n) is 3.82. The highest BCUT2D eigenvalue weighted by Crippen LogP contribution is 2.10. The standard InChI is InChI=1S/C13H12N4O2/c1-9(18)10-4-6-11(7-5-10)15-13(19)16-12-3-2-8-14-17-12/h2-8H,1H3,(H2,15,16,17,19). The minimum absolute atomic E-state index is 0.0180. The van der Waals surface area contributed by atoms with Crippen LogP contribution in [0.2, 0.25) is 0 Å². The van der Waals surface area contributed by atoms with Crippen LogP contribution in [0.5, 0.6) is 0 Å². The third kappa shape index (κ3) is 3.60. The second kappa shape index (κ2) is 5.72. The Kier molecular flexibility index (Phi) is 3.82. The lowest BCUT2D eigenvalue weighted by Gasteiger charge is -2.06. The topological polar surface area (TPSA) is 84.0 Å². The number of urea groups is 1. The molecule has 0 radical (unpaired) electrons. The summed E-state index contributed by atoms with van der Waals surface area (Å²) in [5.41, 5.74) is 1.19. The number of carbonyl (C=O) groups excluding carboxylic acids is 2. The van der Waals surface area contributed by atoms with E-state index in [1.807, 2.05) is 0 Å². The van der Waals surface area contributed by atoms with Gasteiger partial charge in [0.05, 0.1) is 0 Å². The normalized spacial score (nSPS) is 9.74. The van der Waals surface area contributed by atoms with E-state index in [0.717, 1.165) is 0 Å². The molecule has 1 heterocycles. The number of rotatable bonds is 3. The van der Waals surface area contributed by atoms with Crippen LogP contribution in [0.15, 0.2) is 42.6 Å². The van der Waals surface area contributed by atoms with E-state index in [9.17, 15) is 9.59 Å². The van der Waals surface area contributed by atoms with Crippen molar-refractivity contribution in [2.45, 2.75) is 6.92 Å². The van der Waals surface area contributed by atoms with E-state index >= 15 is 0 Å². The molecule has 6 heteroatoms. The number of amides is 2. The van der Waals surface area contributed by atoms with Gasteiger partial charge in [-0.3, -0.25) is 10.1 Å². The first-order valence-electron chi connectivity index (χ1n) is 5.62. The Hall–Kier alpha value is -2.76. The Morgan fingerprint density at radius 3 is 2.37 bits per heavy atom. The number of nitrogens with zero attached hydrogens (tertiary/aromatic N) is 2. The van der Waals surface area contributed by atoms with Crippen molar-refractivity contribution >= 4 is 23.3 Å². The fraction of sp³-hybridized carbons (Fsp3) is 0.0769. The second-order valence-corrected chi connectivity index (χ2v) is 3.82. The number of ketones is 1. The smallest absolute Gasteiger partial charge is 0.308 e. The minimum atomic E-state index is -0.420. The van der Waals surface area contributed by atoms with Crippen LogP contribution in [-0.4, -0.2) is 22.0 Å². The van der Waals surface area contributed by atoms with Gasteiger partial charge in [-0.2, -0.15) is 5.10 Å². The zero-order valence-electron chi connectivity index (χ0n) is 10.3. The average Bonchev–Trinajstić information content (AvgIpc) is 2.40.